The molecule has 1 aromatic heterocycles. The third-order valence-corrected chi connectivity index (χ3v) is 3.38. The van der Waals surface area contributed by atoms with Crippen molar-refractivity contribution in [3.05, 3.63) is 24.0 Å². The topological polar surface area (TPSA) is 68.5 Å². The first-order chi connectivity index (χ1) is 8.77. The van der Waals surface area contributed by atoms with Crippen LogP contribution in [0.5, 0.6) is 5.75 Å². The molecule has 2 rings (SSSR count). The molecule has 1 saturated carbocycles. The number of carbonyl (C=O) groups is 1. The first-order valence-corrected chi connectivity index (χ1v) is 6.27. The molecule has 0 spiro atoms. The molecule has 1 aliphatic carbocycles. The Morgan fingerprint density at radius 2 is 2.39 bits per heavy atom. The zero-order chi connectivity index (χ0) is 13.0. The van der Waals surface area contributed by atoms with Crippen LogP contribution in [0.4, 0.5) is 0 Å². The quantitative estimate of drug-likeness (QED) is 0.846. The van der Waals surface area contributed by atoms with Crippen LogP contribution in [0, 0.1) is 0 Å². The second-order valence-electron chi connectivity index (χ2n) is 4.45. The van der Waals surface area contributed by atoms with Gasteiger partial charge in [0.1, 0.15) is 5.75 Å². The lowest BCUT2D eigenvalue weighted by Gasteiger charge is -2.37. The Balaban J connectivity index is 2.21. The maximum absolute atomic E-state index is 12.5. The first-order valence-electron chi connectivity index (χ1n) is 6.27. The summed E-state index contributed by atoms with van der Waals surface area (Å²) < 4.78 is 5.18. The van der Waals surface area contributed by atoms with Crippen molar-refractivity contribution in [1.29, 1.82) is 0 Å². The number of nitrogens with zero attached hydrogens (tertiary/aromatic N) is 2. The minimum absolute atomic E-state index is 0.00981. The number of pyridine rings is 1. The lowest BCUT2D eigenvalue weighted by Crippen LogP contribution is -2.46. The van der Waals surface area contributed by atoms with Crippen LogP contribution in [0.1, 0.15) is 29.6 Å². The average molecular weight is 249 g/mol. The Morgan fingerprint density at radius 3 is 2.94 bits per heavy atom. The third-order valence-electron chi connectivity index (χ3n) is 3.38. The Labute approximate surface area is 107 Å². The summed E-state index contributed by atoms with van der Waals surface area (Å²) in [6, 6.07) is 2.03. The Morgan fingerprint density at radius 1 is 1.61 bits per heavy atom. The van der Waals surface area contributed by atoms with E-state index in [9.17, 15) is 4.79 Å². The van der Waals surface area contributed by atoms with Gasteiger partial charge in [0, 0.05) is 25.3 Å². The van der Waals surface area contributed by atoms with Crippen LogP contribution in [0.3, 0.4) is 0 Å². The van der Waals surface area contributed by atoms with Crippen LogP contribution in [0.15, 0.2) is 18.5 Å². The summed E-state index contributed by atoms with van der Waals surface area (Å²) in [5, 5.41) is 0. The van der Waals surface area contributed by atoms with Gasteiger partial charge < -0.3 is 15.4 Å². The molecule has 18 heavy (non-hydrogen) atoms. The molecule has 0 bridgehead atoms. The zero-order valence-electron chi connectivity index (χ0n) is 10.6. The number of rotatable bonds is 5. The van der Waals surface area contributed by atoms with Crippen molar-refractivity contribution >= 4 is 5.91 Å². The molecule has 1 aromatic rings. The van der Waals surface area contributed by atoms with Gasteiger partial charge in [-0.25, -0.2) is 0 Å². The van der Waals surface area contributed by atoms with Crippen molar-refractivity contribution in [2.24, 2.45) is 5.73 Å². The molecular weight excluding hydrogens is 230 g/mol. The van der Waals surface area contributed by atoms with Gasteiger partial charge in [-0.05, 0) is 25.3 Å². The molecule has 98 valence electrons. The van der Waals surface area contributed by atoms with Crippen molar-refractivity contribution < 1.29 is 9.53 Å². The maximum Gasteiger partial charge on any atom is 0.258 e. The van der Waals surface area contributed by atoms with E-state index in [2.05, 4.69) is 4.98 Å². The Kier molecular flexibility index (Phi) is 4.15. The van der Waals surface area contributed by atoms with Crippen molar-refractivity contribution in [3.8, 4) is 5.75 Å². The van der Waals surface area contributed by atoms with E-state index in [1.165, 1.54) is 6.42 Å². The second-order valence-corrected chi connectivity index (χ2v) is 4.45. The zero-order valence-corrected chi connectivity index (χ0v) is 10.6. The smallest absolute Gasteiger partial charge is 0.258 e. The van der Waals surface area contributed by atoms with Crippen LogP contribution < -0.4 is 10.5 Å². The van der Waals surface area contributed by atoms with Crippen molar-refractivity contribution in [3.63, 3.8) is 0 Å². The van der Waals surface area contributed by atoms with Gasteiger partial charge in [0.05, 0.1) is 18.9 Å². The predicted molar refractivity (Wildman–Crippen MR) is 68.5 cm³/mol. The van der Waals surface area contributed by atoms with Gasteiger partial charge in [0.25, 0.3) is 5.91 Å². The number of amides is 1. The number of hydrogen-bond donors (Lipinski definition) is 1. The number of methoxy groups -OCH3 is 1. The van der Waals surface area contributed by atoms with E-state index in [0.29, 0.717) is 30.4 Å². The number of nitrogens with two attached hydrogens (primary N) is 1. The highest BCUT2D eigenvalue weighted by Gasteiger charge is 2.30. The molecule has 1 heterocycles. The van der Waals surface area contributed by atoms with E-state index < -0.39 is 0 Å². The van der Waals surface area contributed by atoms with Crippen molar-refractivity contribution in [2.45, 2.75) is 25.3 Å². The summed E-state index contributed by atoms with van der Waals surface area (Å²) in [5.41, 5.74) is 6.16. The highest BCUT2D eigenvalue weighted by Crippen LogP contribution is 2.27. The SMILES string of the molecule is COc1cnccc1C(=O)N(CCN)C1CCC1. The molecule has 1 fully saturated rings. The van der Waals surface area contributed by atoms with Crippen LogP contribution in [-0.4, -0.2) is 42.0 Å². The fourth-order valence-corrected chi connectivity index (χ4v) is 2.16. The summed E-state index contributed by atoms with van der Waals surface area (Å²) in [4.78, 5) is 18.3. The van der Waals surface area contributed by atoms with Gasteiger partial charge in [-0.15, -0.1) is 0 Å². The second kappa shape index (κ2) is 5.82. The summed E-state index contributed by atoms with van der Waals surface area (Å²) in [6.07, 6.45) is 6.50. The Bertz CT molecular complexity index is 418. The lowest BCUT2D eigenvalue weighted by atomic mass is 9.91. The normalized spacial score (nSPS) is 15.0. The predicted octanol–water partition coefficient (Wildman–Crippen LogP) is 1.04. The van der Waals surface area contributed by atoms with Gasteiger partial charge in [-0.1, -0.05) is 0 Å². The highest BCUT2D eigenvalue weighted by molar-refractivity contribution is 5.97. The molecule has 0 unspecified atom stereocenters. The number of ether oxygens (including phenoxy) is 1. The largest absolute Gasteiger partial charge is 0.494 e. The molecule has 0 aliphatic heterocycles. The van der Waals surface area contributed by atoms with Gasteiger partial charge >= 0.3 is 0 Å². The fourth-order valence-electron chi connectivity index (χ4n) is 2.16. The lowest BCUT2D eigenvalue weighted by molar-refractivity contribution is 0.0585. The van der Waals surface area contributed by atoms with E-state index in [1.54, 1.807) is 25.6 Å². The van der Waals surface area contributed by atoms with Crippen LogP contribution in [0.25, 0.3) is 0 Å². The molecule has 0 aromatic carbocycles. The molecule has 0 radical (unpaired) electrons. The maximum atomic E-state index is 12.5. The number of aromatic nitrogens is 1. The van der Waals surface area contributed by atoms with Crippen LogP contribution >= 0.6 is 0 Å². The number of hydrogen-bond acceptors (Lipinski definition) is 4. The molecule has 5 heteroatoms. The third kappa shape index (κ3) is 2.46. The van der Waals surface area contributed by atoms with Gasteiger partial charge in [0.15, 0.2) is 0 Å². The molecule has 0 saturated heterocycles. The van der Waals surface area contributed by atoms with Crippen molar-refractivity contribution in [2.75, 3.05) is 20.2 Å². The number of carbonyl (C=O) groups excluding carboxylic acids is 1. The standard InChI is InChI=1S/C13H19N3O2/c1-18-12-9-15-7-5-11(12)13(17)16(8-6-14)10-3-2-4-10/h5,7,9-10H,2-4,6,8,14H2,1H3. The van der Waals surface area contributed by atoms with Gasteiger partial charge in [-0.3, -0.25) is 9.78 Å². The van der Waals surface area contributed by atoms with E-state index >= 15 is 0 Å². The molecule has 2 N–H and O–H groups in total. The van der Waals surface area contributed by atoms with E-state index in [0.717, 1.165) is 12.8 Å². The monoisotopic (exact) mass is 249 g/mol. The van der Waals surface area contributed by atoms with E-state index in [1.807, 2.05) is 4.90 Å². The van der Waals surface area contributed by atoms with Crippen LogP contribution in [-0.2, 0) is 0 Å². The first kappa shape index (κ1) is 12.8. The highest BCUT2D eigenvalue weighted by atomic mass is 16.5. The molecule has 1 amide bonds. The molecule has 1 aliphatic rings. The van der Waals surface area contributed by atoms with Gasteiger partial charge in [0.2, 0.25) is 0 Å². The molecular formula is C13H19N3O2. The summed E-state index contributed by atoms with van der Waals surface area (Å²) in [6.45, 7) is 1.07. The van der Waals surface area contributed by atoms with E-state index in [-0.39, 0.29) is 5.91 Å². The summed E-state index contributed by atoms with van der Waals surface area (Å²) >= 11 is 0. The Hall–Kier alpha value is -1.62. The van der Waals surface area contributed by atoms with Crippen LogP contribution in [0.2, 0.25) is 0 Å². The summed E-state index contributed by atoms with van der Waals surface area (Å²) in [7, 11) is 1.55. The van der Waals surface area contributed by atoms with Gasteiger partial charge in [-0.2, -0.15) is 0 Å². The molecule has 5 nitrogen and oxygen atoms in total. The summed E-state index contributed by atoms with van der Waals surface area (Å²) in [5.74, 6) is 0.508. The fraction of sp³-hybridized carbons (Fsp3) is 0.538. The molecule has 0 atom stereocenters. The average Bonchev–Trinajstić information content (AvgIpc) is 2.35. The van der Waals surface area contributed by atoms with Crippen molar-refractivity contribution in [1.82, 2.24) is 9.88 Å². The van der Waals surface area contributed by atoms with E-state index in [4.69, 9.17) is 10.5 Å². The minimum Gasteiger partial charge on any atom is -0.494 e. The minimum atomic E-state index is -0.00981.